The van der Waals surface area contributed by atoms with Gasteiger partial charge in [0, 0.05) is 13.1 Å². The summed E-state index contributed by atoms with van der Waals surface area (Å²) in [4.78, 5) is 29.2. The van der Waals surface area contributed by atoms with Gasteiger partial charge in [-0.2, -0.15) is 0 Å². The fourth-order valence-corrected chi connectivity index (χ4v) is 3.49. The number of carboxylic acid groups (broad SMARTS) is 1. The number of fused-ring (bicyclic) bond motifs is 1. The molecule has 1 atom stereocenters. The van der Waals surface area contributed by atoms with E-state index in [-0.39, 0.29) is 12.3 Å². The summed E-state index contributed by atoms with van der Waals surface area (Å²) in [6, 6.07) is 7.24. The van der Waals surface area contributed by atoms with Gasteiger partial charge in [-0.3, -0.25) is 14.5 Å². The van der Waals surface area contributed by atoms with Crippen LogP contribution in [-0.2, 0) is 16.1 Å². The zero-order valence-corrected chi connectivity index (χ0v) is 12.1. The zero-order chi connectivity index (χ0) is 14.8. The zero-order valence-electron chi connectivity index (χ0n) is 11.3. The predicted molar refractivity (Wildman–Crippen MR) is 79.1 cm³/mol. The quantitative estimate of drug-likeness (QED) is 0.883. The molecule has 1 fully saturated rings. The van der Waals surface area contributed by atoms with E-state index in [4.69, 9.17) is 5.11 Å². The lowest BCUT2D eigenvalue weighted by Crippen LogP contribution is -2.55. The molecule has 21 heavy (non-hydrogen) atoms. The lowest BCUT2D eigenvalue weighted by atomic mass is 10.1. The molecule has 0 bridgehead atoms. The Bertz CT molecular complexity index is 652. The summed E-state index contributed by atoms with van der Waals surface area (Å²) < 4.78 is 1.10. The van der Waals surface area contributed by atoms with Crippen molar-refractivity contribution in [3.05, 3.63) is 29.3 Å². The van der Waals surface area contributed by atoms with E-state index in [2.05, 4.69) is 10.3 Å². The van der Waals surface area contributed by atoms with Crippen LogP contribution in [0.15, 0.2) is 24.3 Å². The molecule has 3 rings (SSSR count). The van der Waals surface area contributed by atoms with Gasteiger partial charge in [0.2, 0.25) is 5.91 Å². The topological polar surface area (TPSA) is 82.5 Å². The molecule has 6 nitrogen and oxygen atoms in total. The summed E-state index contributed by atoms with van der Waals surface area (Å²) in [5.74, 6) is -1.18. The minimum Gasteiger partial charge on any atom is -0.481 e. The first kappa shape index (κ1) is 14.0. The van der Waals surface area contributed by atoms with Crippen LogP contribution in [0.2, 0.25) is 0 Å². The summed E-state index contributed by atoms with van der Waals surface area (Å²) in [5, 5.41) is 12.6. The summed E-state index contributed by atoms with van der Waals surface area (Å²) in [6.45, 7) is 1.68. The number of para-hydroxylation sites is 1. The normalized spacial score (nSPS) is 19.6. The van der Waals surface area contributed by atoms with Crippen molar-refractivity contribution in [1.29, 1.82) is 0 Å². The molecule has 1 aliphatic heterocycles. The van der Waals surface area contributed by atoms with E-state index in [0.29, 0.717) is 19.6 Å². The van der Waals surface area contributed by atoms with E-state index < -0.39 is 12.0 Å². The largest absolute Gasteiger partial charge is 0.481 e. The number of amides is 1. The lowest BCUT2D eigenvalue weighted by Gasteiger charge is -2.33. The van der Waals surface area contributed by atoms with Crippen LogP contribution in [0.5, 0.6) is 0 Å². The number of carbonyl (C=O) groups excluding carboxylic acids is 1. The van der Waals surface area contributed by atoms with Crippen molar-refractivity contribution in [2.24, 2.45) is 0 Å². The molecule has 2 heterocycles. The first-order valence-corrected chi connectivity index (χ1v) is 7.53. The van der Waals surface area contributed by atoms with Gasteiger partial charge in [0.25, 0.3) is 0 Å². The van der Waals surface area contributed by atoms with Crippen LogP contribution in [0, 0.1) is 0 Å². The number of aromatic nitrogens is 1. The standard InChI is InChI=1S/C14H15N3O3S/c18-13(19)7-10-14(20)15-5-6-17(10)8-12-16-9-3-1-2-4-11(9)21-12/h1-4,10H,5-8H2,(H,15,20)(H,18,19). The lowest BCUT2D eigenvalue weighted by molar-refractivity contribution is -0.143. The van der Waals surface area contributed by atoms with Crippen LogP contribution in [0.1, 0.15) is 11.4 Å². The van der Waals surface area contributed by atoms with Crippen molar-refractivity contribution in [2.75, 3.05) is 13.1 Å². The van der Waals surface area contributed by atoms with Crippen LogP contribution in [0.4, 0.5) is 0 Å². The third-order valence-corrected chi connectivity index (χ3v) is 4.51. The molecule has 0 radical (unpaired) electrons. The van der Waals surface area contributed by atoms with Gasteiger partial charge in [-0.15, -0.1) is 11.3 Å². The molecule has 0 spiro atoms. The Kier molecular flexibility index (Phi) is 3.85. The van der Waals surface area contributed by atoms with E-state index in [0.717, 1.165) is 15.2 Å². The van der Waals surface area contributed by atoms with Gasteiger partial charge in [-0.05, 0) is 12.1 Å². The number of aliphatic carboxylic acids is 1. The molecule has 1 aromatic carbocycles. The van der Waals surface area contributed by atoms with Gasteiger partial charge in [0.05, 0.1) is 23.2 Å². The Balaban J connectivity index is 1.80. The Morgan fingerprint density at radius 3 is 3.05 bits per heavy atom. The van der Waals surface area contributed by atoms with E-state index in [1.165, 1.54) is 0 Å². The van der Waals surface area contributed by atoms with Crippen LogP contribution in [0.3, 0.4) is 0 Å². The Morgan fingerprint density at radius 2 is 2.29 bits per heavy atom. The van der Waals surface area contributed by atoms with Crippen molar-refractivity contribution in [3.8, 4) is 0 Å². The molecule has 0 aliphatic carbocycles. The van der Waals surface area contributed by atoms with Crippen LogP contribution in [-0.4, -0.2) is 46.0 Å². The fourth-order valence-electron chi connectivity index (χ4n) is 2.50. The smallest absolute Gasteiger partial charge is 0.305 e. The highest BCUT2D eigenvalue weighted by Gasteiger charge is 2.32. The molecule has 1 aromatic heterocycles. The van der Waals surface area contributed by atoms with Crippen molar-refractivity contribution >= 4 is 33.4 Å². The Hall–Kier alpha value is -1.99. The van der Waals surface area contributed by atoms with E-state index in [9.17, 15) is 9.59 Å². The number of nitrogens with zero attached hydrogens (tertiary/aromatic N) is 2. The van der Waals surface area contributed by atoms with Crippen molar-refractivity contribution < 1.29 is 14.7 Å². The van der Waals surface area contributed by atoms with Crippen molar-refractivity contribution in [3.63, 3.8) is 0 Å². The molecular formula is C14H15N3O3S. The van der Waals surface area contributed by atoms with Gasteiger partial charge in [-0.1, -0.05) is 12.1 Å². The number of carboxylic acids is 1. The number of hydrogen-bond acceptors (Lipinski definition) is 5. The van der Waals surface area contributed by atoms with E-state index in [1.807, 2.05) is 29.2 Å². The molecule has 1 amide bonds. The van der Waals surface area contributed by atoms with Gasteiger partial charge >= 0.3 is 5.97 Å². The maximum atomic E-state index is 11.9. The molecule has 1 unspecified atom stereocenters. The summed E-state index contributed by atoms with van der Waals surface area (Å²) in [6.07, 6.45) is -0.184. The van der Waals surface area contributed by atoms with Gasteiger partial charge in [0.1, 0.15) is 11.0 Å². The number of thiazole rings is 1. The van der Waals surface area contributed by atoms with Gasteiger partial charge in [-0.25, -0.2) is 4.98 Å². The second-order valence-corrected chi connectivity index (χ2v) is 6.07. The number of nitrogens with one attached hydrogen (secondary N) is 1. The van der Waals surface area contributed by atoms with Crippen LogP contribution >= 0.6 is 11.3 Å². The molecule has 7 heteroatoms. The average molecular weight is 305 g/mol. The molecule has 110 valence electrons. The summed E-state index contributed by atoms with van der Waals surface area (Å²) in [7, 11) is 0. The predicted octanol–water partition coefficient (Wildman–Crippen LogP) is 1.07. The molecule has 2 aromatic rings. The summed E-state index contributed by atoms with van der Waals surface area (Å²) >= 11 is 1.58. The van der Waals surface area contributed by atoms with Crippen LogP contribution < -0.4 is 5.32 Å². The number of rotatable bonds is 4. The Labute approximate surface area is 125 Å². The number of piperazine rings is 1. The highest BCUT2D eigenvalue weighted by atomic mass is 32.1. The maximum absolute atomic E-state index is 11.9. The second-order valence-electron chi connectivity index (χ2n) is 4.95. The molecular weight excluding hydrogens is 290 g/mol. The molecule has 2 N–H and O–H groups in total. The van der Waals surface area contributed by atoms with Crippen molar-refractivity contribution in [1.82, 2.24) is 15.2 Å². The second kappa shape index (κ2) is 5.79. The number of hydrogen-bond donors (Lipinski definition) is 2. The van der Waals surface area contributed by atoms with Gasteiger partial charge < -0.3 is 10.4 Å². The first-order chi connectivity index (χ1) is 10.1. The van der Waals surface area contributed by atoms with Crippen LogP contribution in [0.25, 0.3) is 10.2 Å². The number of benzene rings is 1. The van der Waals surface area contributed by atoms with Gasteiger partial charge in [0.15, 0.2) is 0 Å². The molecule has 1 aliphatic rings. The maximum Gasteiger partial charge on any atom is 0.305 e. The monoisotopic (exact) mass is 305 g/mol. The highest BCUT2D eigenvalue weighted by molar-refractivity contribution is 7.18. The first-order valence-electron chi connectivity index (χ1n) is 6.71. The van der Waals surface area contributed by atoms with E-state index in [1.54, 1.807) is 11.3 Å². The highest BCUT2D eigenvalue weighted by Crippen LogP contribution is 2.24. The van der Waals surface area contributed by atoms with Crippen molar-refractivity contribution in [2.45, 2.75) is 19.0 Å². The molecule has 1 saturated heterocycles. The Morgan fingerprint density at radius 1 is 1.48 bits per heavy atom. The molecule has 0 saturated carbocycles. The average Bonchev–Trinajstić information content (AvgIpc) is 2.84. The third kappa shape index (κ3) is 3.03. The fraction of sp³-hybridized carbons (Fsp3) is 0.357. The summed E-state index contributed by atoms with van der Waals surface area (Å²) in [5.41, 5.74) is 0.939. The van der Waals surface area contributed by atoms with E-state index >= 15 is 0 Å². The number of carbonyl (C=O) groups is 2. The minimum atomic E-state index is -0.966. The SMILES string of the molecule is O=C(O)CC1C(=O)NCCN1Cc1nc2ccccc2s1. The minimum absolute atomic E-state index is 0.184. The third-order valence-electron chi connectivity index (χ3n) is 3.49.